The van der Waals surface area contributed by atoms with Crippen molar-refractivity contribution in [3.05, 3.63) is 59.8 Å². The molecule has 2 aromatic carbocycles. The van der Waals surface area contributed by atoms with Gasteiger partial charge in [0.05, 0.1) is 28.7 Å². The first-order valence-corrected chi connectivity index (χ1v) is 11.0. The van der Waals surface area contributed by atoms with E-state index in [0.29, 0.717) is 33.6 Å². The SMILES string of the molecule is COc1ccc2sc(-n3nc(C)cc3NC(=O)c3cccc(N4C(=O)CCC4=O)c3)nc2c1. The van der Waals surface area contributed by atoms with E-state index in [4.69, 9.17) is 4.74 Å². The maximum atomic E-state index is 13.0. The molecule has 3 amide bonds. The predicted molar refractivity (Wildman–Crippen MR) is 124 cm³/mol. The number of amides is 3. The lowest BCUT2D eigenvalue weighted by Crippen LogP contribution is -2.28. The lowest BCUT2D eigenvalue weighted by molar-refractivity contribution is -0.121. The summed E-state index contributed by atoms with van der Waals surface area (Å²) in [7, 11) is 1.60. The molecule has 5 rings (SSSR count). The maximum Gasteiger partial charge on any atom is 0.256 e. The van der Waals surface area contributed by atoms with Crippen molar-refractivity contribution >= 4 is 50.8 Å². The molecule has 10 heteroatoms. The number of nitrogens with zero attached hydrogens (tertiary/aromatic N) is 4. The normalized spacial score (nSPS) is 13.7. The predicted octanol–water partition coefficient (Wildman–Crippen LogP) is 3.70. The summed E-state index contributed by atoms with van der Waals surface area (Å²) in [5.74, 6) is 0.249. The van der Waals surface area contributed by atoms with Gasteiger partial charge >= 0.3 is 0 Å². The molecule has 2 aromatic heterocycles. The first kappa shape index (κ1) is 20.8. The van der Waals surface area contributed by atoms with E-state index < -0.39 is 0 Å². The molecule has 1 aliphatic rings. The molecule has 0 radical (unpaired) electrons. The first-order valence-electron chi connectivity index (χ1n) is 10.2. The van der Waals surface area contributed by atoms with Crippen molar-refractivity contribution in [1.82, 2.24) is 14.8 Å². The van der Waals surface area contributed by atoms with Crippen LogP contribution in [-0.2, 0) is 9.59 Å². The minimum Gasteiger partial charge on any atom is -0.497 e. The number of carbonyl (C=O) groups excluding carboxylic acids is 3. The Bertz CT molecular complexity index is 1410. The standard InChI is InChI=1S/C23H19N5O4S/c1-13-10-19(28(26-13)23-24-17-12-16(32-2)6-7-18(17)33-23)25-22(31)14-4-3-5-15(11-14)27-20(29)8-9-21(27)30/h3-7,10-12H,8-9H2,1-2H3,(H,25,31). The quantitative estimate of drug-likeness (QED) is 0.454. The number of ether oxygens (including phenoxy) is 1. The Kier molecular flexibility index (Phi) is 5.14. The Morgan fingerprint density at radius 3 is 2.64 bits per heavy atom. The number of imide groups is 1. The highest BCUT2D eigenvalue weighted by Crippen LogP contribution is 2.30. The minimum atomic E-state index is -0.389. The molecule has 0 spiro atoms. The Balaban J connectivity index is 1.44. The van der Waals surface area contributed by atoms with E-state index in [2.05, 4.69) is 15.4 Å². The number of fused-ring (bicyclic) bond motifs is 1. The highest BCUT2D eigenvalue weighted by atomic mass is 32.1. The molecule has 1 N–H and O–H groups in total. The Morgan fingerprint density at radius 1 is 1.09 bits per heavy atom. The molecule has 3 heterocycles. The molecular weight excluding hydrogens is 442 g/mol. The molecule has 1 aliphatic heterocycles. The van der Waals surface area contributed by atoms with Crippen LogP contribution < -0.4 is 15.0 Å². The number of nitrogens with one attached hydrogen (secondary N) is 1. The molecular formula is C23H19N5O4S. The monoisotopic (exact) mass is 461 g/mol. The molecule has 0 bridgehead atoms. The van der Waals surface area contributed by atoms with Crippen molar-refractivity contribution in [2.24, 2.45) is 0 Å². The van der Waals surface area contributed by atoms with Gasteiger partial charge in [0.1, 0.15) is 11.6 Å². The highest BCUT2D eigenvalue weighted by Gasteiger charge is 2.30. The lowest BCUT2D eigenvalue weighted by atomic mass is 10.1. The lowest BCUT2D eigenvalue weighted by Gasteiger charge is -2.15. The number of aromatic nitrogens is 3. The summed E-state index contributed by atoms with van der Waals surface area (Å²) in [5, 5.41) is 7.96. The summed E-state index contributed by atoms with van der Waals surface area (Å²) in [6.07, 6.45) is 0.365. The molecule has 0 saturated carbocycles. The van der Waals surface area contributed by atoms with E-state index in [1.54, 1.807) is 36.1 Å². The van der Waals surface area contributed by atoms with Crippen LogP contribution in [0.3, 0.4) is 0 Å². The minimum absolute atomic E-state index is 0.182. The van der Waals surface area contributed by atoms with Crippen LogP contribution in [0.5, 0.6) is 5.75 Å². The third-order valence-electron chi connectivity index (χ3n) is 5.26. The first-order chi connectivity index (χ1) is 15.9. The van der Waals surface area contributed by atoms with Crippen molar-refractivity contribution in [3.63, 3.8) is 0 Å². The van der Waals surface area contributed by atoms with Gasteiger partial charge in [0.2, 0.25) is 16.9 Å². The van der Waals surface area contributed by atoms with E-state index >= 15 is 0 Å². The van der Waals surface area contributed by atoms with Gasteiger partial charge in [0, 0.05) is 30.5 Å². The largest absolute Gasteiger partial charge is 0.497 e. The second-order valence-corrected chi connectivity index (χ2v) is 8.55. The smallest absolute Gasteiger partial charge is 0.256 e. The highest BCUT2D eigenvalue weighted by molar-refractivity contribution is 7.20. The molecule has 0 atom stereocenters. The number of carbonyl (C=O) groups is 3. The van der Waals surface area contributed by atoms with Crippen LogP contribution >= 0.6 is 11.3 Å². The Labute approximate surface area is 192 Å². The molecule has 166 valence electrons. The fourth-order valence-corrected chi connectivity index (χ4v) is 4.60. The van der Waals surface area contributed by atoms with Gasteiger partial charge in [-0.05, 0) is 37.3 Å². The molecule has 0 unspecified atom stereocenters. The topological polar surface area (TPSA) is 106 Å². The average molecular weight is 462 g/mol. The number of aryl methyl sites for hydroxylation is 1. The van der Waals surface area contributed by atoms with E-state index in [-0.39, 0.29) is 30.6 Å². The van der Waals surface area contributed by atoms with Gasteiger partial charge in [-0.25, -0.2) is 4.98 Å². The number of benzene rings is 2. The van der Waals surface area contributed by atoms with Crippen molar-refractivity contribution in [1.29, 1.82) is 0 Å². The number of thiazole rings is 1. The van der Waals surface area contributed by atoms with Crippen LogP contribution in [0.4, 0.5) is 11.5 Å². The molecule has 1 saturated heterocycles. The van der Waals surface area contributed by atoms with Gasteiger partial charge in [-0.1, -0.05) is 17.4 Å². The fraction of sp³-hybridized carbons (Fsp3) is 0.174. The zero-order valence-corrected chi connectivity index (χ0v) is 18.7. The third kappa shape index (κ3) is 3.85. The van der Waals surface area contributed by atoms with E-state index in [9.17, 15) is 14.4 Å². The summed E-state index contributed by atoms with van der Waals surface area (Å²) in [4.78, 5) is 42.9. The van der Waals surface area contributed by atoms with Gasteiger partial charge in [-0.15, -0.1) is 0 Å². The second kappa shape index (κ2) is 8.14. The van der Waals surface area contributed by atoms with E-state index in [1.165, 1.54) is 17.4 Å². The van der Waals surface area contributed by atoms with Crippen LogP contribution in [0.15, 0.2) is 48.5 Å². The summed E-state index contributed by atoms with van der Waals surface area (Å²) in [6.45, 7) is 1.83. The number of anilines is 2. The number of hydrogen-bond acceptors (Lipinski definition) is 7. The average Bonchev–Trinajstić information content (AvgIpc) is 3.49. The Morgan fingerprint density at radius 2 is 1.88 bits per heavy atom. The van der Waals surface area contributed by atoms with Crippen LogP contribution in [0.1, 0.15) is 28.9 Å². The molecule has 9 nitrogen and oxygen atoms in total. The summed E-state index contributed by atoms with van der Waals surface area (Å²) in [5.41, 5.74) is 2.19. The summed E-state index contributed by atoms with van der Waals surface area (Å²) < 4.78 is 7.81. The summed E-state index contributed by atoms with van der Waals surface area (Å²) >= 11 is 1.44. The van der Waals surface area contributed by atoms with Gasteiger partial charge in [0.25, 0.3) is 5.91 Å². The summed E-state index contributed by atoms with van der Waals surface area (Å²) in [6, 6.07) is 13.8. The number of hydrogen-bond donors (Lipinski definition) is 1. The second-order valence-electron chi connectivity index (χ2n) is 7.54. The molecule has 1 fully saturated rings. The van der Waals surface area contributed by atoms with Crippen LogP contribution in [-0.4, -0.2) is 39.6 Å². The van der Waals surface area contributed by atoms with Gasteiger partial charge in [-0.3, -0.25) is 19.3 Å². The molecule has 4 aromatic rings. The van der Waals surface area contributed by atoms with Crippen molar-refractivity contribution in [2.75, 3.05) is 17.3 Å². The molecule has 33 heavy (non-hydrogen) atoms. The van der Waals surface area contributed by atoms with Crippen molar-refractivity contribution in [2.45, 2.75) is 19.8 Å². The van der Waals surface area contributed by atoms with Crippen LogP contribution in [0.2, 0.25) is 0 Å². The van der Waals surface area contributed by atoms with E-state index in [1.807, 2.05) is 25.1 Å². The van der Waals surface area contributed by atoms with Gasteiger partial charge in [-0.2, -0.15) is 9.78 Å². The zero-order valence-electron chi connectivity index (χ0n) is 17.9. The van der Waals surface area contributed by atoms with Crippen molar-refractivity contribution in [3.8, 4) is 10.9 Å². The van der Waals surface area contributed by atoms with Crippen molar-refractivity contribution < 1.29 is 19.1 Å². The van der Waals surface area contributed by atoms with Crippen LogP contribution in [0, 0.1) is 6.92 Å². The zero-order chi connectivity index (χ0) is 23.1. The van der Waals surface area contributed by atoms with E-state index in [0.717, 1.165) is 15.1 Å². The maximum absolute atomic E-state index is 13.0. The number of methoxy groups -OCH3 is 1. The van der Waals surface area contributed by atoms with Gasteiger partial charge in [0.15, 0.2) is 0 Å². The third-order valence-corrected chi connectivity index (χ3v) is 6.27. The fourth-order valence-electron chi connectivity index (χ4n) is 3.69. The number of rotatable bonds is 5. The van der Waals surface area contributed by atoms with Gasteiger partial charge < -0.3 is 10.1 Å². The molecule has 0 aliphatic carbocycles. The van der Waals surface area contributed by atoms with Crippen LogP contribution in [0.25, 0.3) is 15.3 Å². The Hall–Kier alpha value is -4.05.